The van der Waals surface area contributed by atoms with Crippen molar-refractivity contribution in [3.8, 4) is 0 Å². The zero-order valence-electron chi connectivity index (χ0n) is 11.5. The van der Waals surface area contributed by atoms with Crippen LogP contribution in [0.2, 0.25) is 0 Å². The highest BCUT2D eigenvalue weighted by atomic mass is 32.2. The number of aromatic nitrogens is 2. The molecule has 1 aliphatic rings. The van der Waals surface area contributed by atoms with E-state index in [1.165, 1.54) is 11.2 Å². The van der Waals surface area contributed by atoms with Crippen molar-refractivity contribution in [2.45, 2.75) is 37.0 Å². The fraction of sp³-hybridized carbons (Fsp3) is 0.636. The molecule has 20 heavy (non-hydrogen) atoms. The maximum absolute atomic E-state index is 12.7. The van der Waals surface area contributed by atoms with Crippen LogP contribution in [0.5, 0.6) is 0 Å². The first-order valence-electron chi connectivity index (χ1n) is 6.18. The minimum atomic E-state index is -3.86. The third-order valence-electron chi connectivity index (χ3n) is 3.49. The Morgan fingerprint density at radius 2 is 2.15 bits per heavy atom. The van der Waals surface area contributed by atoms with Crippen LogP contribution in [0.15, 0.2) is 4.90 Å². The molecule has 1 aliphatic heterocycles. The van der Waals surface area contributed by atoms with Crippen LogP contribution in [0, 0.1) is 6.92 Å². The number of carbonyl (C=O) groups is 1. The van der Waals surface area contributed by atoms with Crippen molar-refractivity contribution in [1.82, 2.24) is 14.5 Å². The van der Waals surface area contributed by atoms with Gasteiger partial charge in [0.05, 0.1) is 5.69 Å². The molecule has 0 radical (unpaired) electrons. The summed E-state index contributed by atoms with van der Waals surface area (Å²) in [6, 6.07) is -0.185. The molecular weight excluding hydrogens is 302 g/mol. The maximum atomic E-state index is 12.7. The van der Waals surface area contributed by atoms with Crippen LogP contribution >= 0.6 is 11.8 Å². The largest absolute Gasteiger partial charge is 0.476 e. The zero-order valence-corrected chi connectivity index (χ0v) is 13.1. The summed E-state index contributed by atoms with van der Waals surface area (Å²) in [5.41, 5.74) is -0.193. The number of nitrogens with zero attached hydrogens (tertiary/aromatic N) is 2. The number of carboxylic acids is 1. The molecule has 2 N–H and O–H groups in total. The summed E-state index contributed by atoms with van der Waals surface area (Å²) in [5, 5.41) is 15.3. The predicted molar refractivity (Wildman–Crippen MR) is 75.6 cm³/mol. The van der Waals surface area contributed by atoms with Crippen molar-refractivity contribution in [1.29, 1.82) is 0 Å². The smallest absolute Gasteiger partial charge is 0.357 e. The van der Waals surface area contributed by atoms with Crippen LogP contribution in [-0.2, 0) is 10.0 Å². The zero-order chi connectivity index (χ0) is 15.1. The first kappa shape index (κ1) is 15.3. The third kappa shape index (κ3) is 2.45. The molecule has 0 aromatic carbocycles. The van der Waals surface area contributed by atoms with E-state index < -0.39 is 21.7 Å². The van der Waals surface area contributed by atoms with Gasteiger partial charge in [-0.3, -0.25) is 5.10 Å². The minimum Gasteiger partial charge on any atom is -0.476 e. The number of hydrogen-bond donors (Lipinski definition) is 2. The summed E-state index contributed by atoms with van der Waals surface area (Å²) >= 11 is 1.71. The second-order valence-corrected chi connectivity index (χ2v) is 8.08. The van der Waals surface area contributed by atoms with Crippen LogP contribution in [-0.4, -0.2) is 57.6 Å². The molecule has 112 valence electrons. The highest BCUT2D eigenvalue weighted by molar-refractivity contribution is 8.00. The number of rotatable bonds is 3. The van der Waals surface area contributed by atoms with Crippen LogP contribution < -0.4 is 0 Å². The Bertz CT molecular complexity index is 626. The molecule has 0 bridgehead atoms. The van der Waals surface area contributed by atoms with E-state index in [9.17, 15) is 13.2 Å². The summed E-state index contributed by atoms with van der Waals surface area (Å²) in [5.74, 6) is -0.649. The quantitative estimate of drug-likeness (QED) is 0.859. The van der Waals surface area contributed by atoms with E-state index in [1.807, 2.05) is 13.8 Å². The molecule has 0 amide bonds. The molecule has 1 saturated heterocycles. The number of nitrogens with one attached hydrogen (secondary N) is 1. The monoisotopic (exact) mass is 319 g/mol. The van der Waals surface area contributed by atoms with Crippen LogP contribution in [0.25, 0.3) is 0 Å². The van der Waals surface area contributed by atoms with Crippen molar-refractivity contribution < 1.29 is 18.3 Å². The van der Waals surface area contributed by atoms with Gasteiger partial charge in [0, 0.05) is 23.6 Å². The molecule has 9 heteroatoms. The molecule has 0 spiro atoms. The molecule has 2 unspecified atom stereocenters. The highest BCUT2D eigenvalue weighted by Gasteiger charge is 2.39. The van der Waals surface area contributed by atoms with Gasteiger partial charge in [-0.15, -0.1) is 0 Å². The number of H-pyrrole nitrogens is 1. The van der Waals surface area contributed by atoms with E-state index in [1.54, 1.807) is 11.8 Å². The SMILES string of the molecule is Cc1[nH]nc(C(=O)O)c1S(=O)(=O)N1CCSC(C)C1C. The van der Waals surface area contributed by atoms with E-state index in [4.69, 9.17) is 5.11 Å². The Labute approximate surface area is 121 Å². The van der Waals surface area contributed by atoms with Gasteiger partial charge in [0.25, 0.3) is 0 Å². The van der Waals surface area contributed by atoms with E-state index in [0.29, 0.717) is 12.3 Å². The molecule has 2 heterocycles. The minimum absolute atomic E-state index is 0.166. The van der Waals surface area contributed by atoms with Crippen LogP contribution in [0.1, 0.15) is 30.0 Å². The van der Waals surface area contributed by atoms with Crippen LogP contribution in [0.4, 0.5) is 0 Å². The molecular formula is C11H17N3O4S2. The van der Waals surface area contributed by atoms with Gasteiger partial charge in [0.1, 0.15) is 4.90 Å². The fourth-order valence-corrected chi connectivity index (χ4v) is 5.53. The average Bonchev–Trinajstić information content (AvgIpc) is 2.75. The van der Waals surface area contributed by atoms with Crippen molar-refractivity contribution >= 4 is 27.8 Å². The Morgan fingerprint density at radius 3 is 2.75 bits per heavy atom. The number of aromatic amines is 1. The van der Waals surface area contributed by atoms with Crippen LogP contribution in [0.3, 0.4) is 0 Å². The number of thioether (sulfide) groups is 1. The highest BCUT2D eigenvalue weighted by Crippen LogP contribution is 2.31. The Morgan fingerprint density at radius 1 is 1.50 bits per heavy atom. The average molecular weight is 319 g/mol. The third-order valence-corrected chi connectivity index (χ3v) is 6.97. The van der Waals surface area contributed by atoms with E-state index in [2.05, 4.69) is 10.2 Å². The van der Waals surface area contributed by atoms with Crippen molar-refractivity contribution in [3.05, 3.63) is 11.4 Å². The predicted octanol–water partition coefficient (Wildman–Crippen LogP) is 0.931. The number of sulfonamides is 1. The number of hydrogen-bond acceptors (Lipinski definition) is 5. The molecule has 1 aromatic heterocycles. The summed E-state index contributed by atoms with van der Waals surface area (Å²) < 4.78 is 26.9. The topological polar surface area (TPSA) is 103 Å². The lowest BCUT2D eigenvalue weighted by molar-refractivity contribution is 0.0686. The Balaban J connectivity index is 2.50. The summed E-state index contributed by atoms with van der Waals surface area (Å²) in [7, 11) is -3.86. The van der Waals surface area contributed by atoms with Crippen molar-refractivity contribution in [3.63, 3.8) is 0 Å². The molecule has 2 atom stereocenters. The fourth-order valence-electron chi connectivity index (χ4n) is 2.24. The molecule has 0 aliphatic carbocycles. The molecule has 2 rings (SSSR count). The number of aromatic carboxylic acids is 1. The summed E-state index contributed by atoms with van der Waals surface area (Å²) in [6.45, 7) is 5.70. The van der Waals surface area contributed by atoms with Gasteiger partial charge in [-0.1, -0.05) is 6.92 Å². The maximum Gasteiger partial charge on any atom is 0.357 e. The lowest BCUT2D eigenvalue weighted by Crippen LogP contribution is -2.48. The number of carboxylic acid groups (broad SMARTS) is 1. The van der Waals surface area contributed by atoms with Gasteiger partial charge in [0.15, 0.2) is 5.69 Å². The van der Waals surface area contributed by atoms with Crippen molar-refractivity contribution in [2.75, 3.05) is 12.3 Å². The van der Waals surface area contributed by atoms with Gasteiger partial charge in [-0.2, -0.15) is 21.2 Å². The van der Waals surface area contributed by atoms with Gasteiger partial charge >= 0.3 is 5.97 Å². The number of aryl methyl sites for hydroxylation is 1. The molecule has 7 nitrogen and oxygen atoms in total. The molecule has 1 aromatic rings. The first-order chi connectivity index (χ1) is 9.26. The Kier molecular flexibility index (Phi) is 4.12. The molecule has 1 fully saturated rings. The van der Waals surface area contributed by atoms with Gasteiger partial charge in [0.2, 0.25) is 10.0 Å². The van der Waals surface area contributed by atoms with E-state index in [0.717, 1.165) is 0 Å². The van der Waals surface area contributed by atoms with Gasteiger partial charge < -0.3 is 5.11 Å². The first-order valence-corrected chi connectivity index (χ1v) is 8.67. The summed E-state index contributed by atoms with van der Waals surface area (Å²) in [4.78, 5) is 10.9. The standard InChI is InChI=1S/C11H17N3O4S2/c1-6-10(9(11(15)16)13-12-6)20(17,18)14-4-5-19-8(3)7(14)2/h7-8H,4-5H2,1-3H3,(H,12,13)(H,15,16). The second-order valence-electron chi connectivity index (χ2n) is 4.76. The Hall–Kier alpha value is -1.06. The molecule has 0 saturated carbocycles. The van der Waals surface area contributed by atoms with E-state index >= 15 is 0 Å². The van der Waals surface area contributed by atoms with Crippen molar-refractivity contribution in [2.24, 2.45) is 0 Å². The lowest BCUT2D eigenvalue weighted by Gasteiger charge is -2.36. The summed E-state index contributed by atoms with van der Waals surface area (Å²) in [6.07, 6.45) is 0. The van der Waals surface area contributed by atoms with E-state index in [-0.39, 0.29) is 21.9 Å². The van der Waals surface area contributed by atoms with Gasteiger partial charge in [-0.05, 0) is 13.8 Å². The second kappa shape index (κ2) is 5.38. The van der Waals surface area contributed by atoms with Gasteiger partial charge in [-0.25, -0.2) is 13.2 Å². The normalized spacial score (nSPS) is 24.8. The lowest BCUT2D eigenvalue weighted by atomic mass is 10.2.